The van der Waals surface area contributed by atoms with E-state index in [4.69, 9.17) is 0 Å². The quantitative estimate of drug-likeness (QED) is 0.179. The normalized spacial score (nSPS) is 9.71. The molecule has 0 saturated heterocycles. The molecule has 0 radical (unpaired) electrons. The number of hydrogen-bond acceptors (Lipinski definition) is 8. The number of aromatic carboxylic acids is 4. The number of benzene rings is 4. The van der Waals surface area contributed by atoms with Gasteiger partial charge in [0.25, 0.3) is 0 Å². The van der Waals surface area contributed by atoms with Gasteiger partial charge < -0.3 is 39.6 Å². The van der Waals surface area contributed by atoms with Crippen LogP contribution in [0, 0.1) is 0 Å². The van der Waals surface area contributed by atoms with E-state index in [1.54, 1.807) is 0 Å². The molecular weight excluding hydrogens is 590 g/mol. The van der Waals surface area contributed by atoms with Gasteiger partial charge in [0.2, 0.25) is 0 Å². The summed E-state index contributed by atoms with van der Waals surface area (Å²) >= 11 is 0. The topological polar surface area (TPSA) is 161 Å². The Kier molecular flexibility index (Phi) is 20.3. The average Bonchev–Trinajstić information content (AvgIpc) is 2.90. The third-order valence-corrected chi connectivity index (χ3v) is 6.59. The SMILES string of the molecule is O=C([O-])c1ccccc1[B-](c1ccccc1C(=O)[O-])(c1ccccc1C(=O)[O-])c1ccccc1C(=O)[O-].[Na+].[Na+].[Na+].[Na+].[Na+]. The van der Waals surface area contributed by atoms with Crippen LogP contribution in [0.25, 0.3) is 0 Å². The number of carboxylic acid groups (broad SMARTS) is 4. The summed E-state index contributed by atoms with van der Waals surface area (Å²) in [4.78, 5) is 49.3. The van der Waals surface area contributed by atoms with Crippen molar-refractivity contribution in [2.75, 3.05) is 0 Å². The maximum absolute atomic E-state index is 12.3. The standard InChI is InChI=1S/C28H20BO8.5Na/c30-25(31)17-9-1-5-13-21(17)29(22-14-6-2-10-18(22)26(32)33,23-15-7-3-11-19(23)27(34)35)24-16-8-4-12-20(24)28(36)37;;;;;/h1-16H,(H,30,31)(H,32,33)(H,34,35)(H,36,37);;;;;/q-1;5*+1/p-4. The summed E-state index contributed by atoms with van der Waals surface area (Å²) in [5.41, 5.74) is -1.85. The van der Waals surface area contributed by atoms with E-state index in [0.29, 0.717) is 0 Å². The van der Waals surface area contributed by atoms with Crippen molar-refractivity contribution in [1.29, 1.82) is 0 Å². The van der Waals surface area contributed by atoms with Crippen LogP contribution in [0.4, 0.5) is 0 Å². The maximum atomic E-state index is 12.3. The monoisotopic (exact) mass is 606 g/mol. The Morgan fingerprint density at radius 2 is 0.524 bits per heavy atom. The molecule has 0 aromatic heterocycles. The van der Waals surface area contributed by atoms with Crippen molar-refractivity contribution < 1.29 is 187 Å². The molecule has 0 saturated carbocycles. The zero-order chi connectivity index (χ0) is 26.7. The molecular formula is C28H16BNa5O8. The van der Waals surface area contributed by atoms with Crippen LogP contribution in [0.5, 0.6) is 0 Å². The maximum Gasteiger partial charge on any atom is 1.00 e. The van der Waals surface area contributed by atoms with Crippen LogP contribution in [0.3, 0.4) is 0 Å². The molecule has 8 nitrogen and oxygen atoms in total. The average molecular weight is 606 g/mol. The minimum absolute atomic E-state index is 0. The summed E-state index contributed by atoms with van der Waals surface area (Å²) in [5, 5.41) is 49.3. The molecule has 0 amide bonds. The van der Waals surface area contributed by atoms with Crippen molar-refractivity contribution >= 4 is 51.9 Å². The van der Waals surface area contributed by atoms with Crippen LogP contribution >= 0.6 is 0 Å². The van der Waals surface area contributed by atoms with Gasteiger partial charge in [-0.15, -0.1) is 0 Å². The van der Waals surface area contributed by atoms with Gasteiger partial charge in [-0.2, -0.15) is 21.9 Å². The fourth-order valence-corrected chi connectivity index (χ4v) is 5.25. The van der Waals surface area contributed by atoms with Crippen molar-refractivity contribution in [3.8, 4) is 0 Å². The van der Waals surface area contributed by atoms with Gasteiger partial charge >= 0.3 is 148 Å². The molecule has 0 aliphatic heterocycles. The molecule has 4 rings (SSSR count). The first-order chi connectivity index (χ1) is 17.7. The first-order valence-corrected chi connectivity index (χ1v) is 11.1. The molecule has 42 heavy (non-hydrogen) atoms. The third-order valence-electron chi connectivity index (χ3n) is 6.59. The second-order valence-corrected chi connectivity index (χ2v) is 8.36. The molecule has 0 unspecified atom stereocenters. The van der Waals surface area contributed by atoms with Crippen LogP contribution < -0.4 is 190 Å². The van der Waals surface area contributed by atoms with Gasteiger partial charge in [-0.1, -0.05) is 97.1 Å². The smallest absolute Gasteiger partial charge is 0.545 e. The molecule has 0 heterocycles. The summed E-state index contributed by atoms with van der Waals surface area (Å²) in [6.07, 6.45) is -3.15. The molecule has 0 aliphatic rings. The van der Waals surface area contributed by atoms with Gasteiger partial charge in [0.1, 0.15) is 6.15 Å². The van der Waals surface area contributed by atoms with Crippen LogP contribution in [-0.2, 0) is 0 Å². The second-order valence-electron chi connectivity index (χ2n) is 8.36. The Morgan fingerprint density at radius 3 is 0.690 bits per heavy atom. The van der Waals surface area contributed by atoms with E-state index in [-0.39, 0.29) is 170 Å². The van der Waals surface area contributed by atoms with Crippen LogP contribution in [0.1, 0.15) is 41.4 Å². The first-order valence-electron chi connectivity index (χ1n) is 11.1. The van der Waals surface area contributed by atoms with Crippen molar-refractivity contribution in [3.63, 3.8) is 0 Å². The Labute approximate surface area is 353 Å². The molecule has 0 aliphatic carbocycles. The fourth-order valence-electron chi connectivity index (χ4n) is 5.25. The Hall–Kier alpha value is -0.175. The summed E-state index contributed by atoms with van der Waals surface area (Å²) < 4.78 is 0. The minimum atomic E-state index is -3.15. The molecule has 184 valence electrons. The number of carbonyl (C=O) groups is 4. The van der Waals surface area contributed by atoms with Gasteiger partial charge in [-0.25, -0.2) is 0 Å². The van der Waals surface area contributed by atoms with E-state index in [9.17, 15) is 39.6 Å². The van der Waals surface area contributed by atoms with Crippen molar-refractivity contribution in [3.05, 3.63) is 119 Å². The van der Waals surface area contributed by atoms with Gasteiger partial charge in [0, 0.05) is 0 Å². The number of rotatable bonds is 8. The third kappa shape index (κ3) is 8.54. The van der Waals surface area contributed by atoms with Crippen molar-refractivity contribution in [2.24, 2.45) is 0 Å². The van der Waals surface area contributed by atoms with Crippen LogP contribution in [0.15, 0.2) is 97.1 Å². The van der Waals surface area contributed by atoms with E-state index >= 15 is 0 Å². The van der Waals surface area contributed by atoms with E-state index in [0.717, 1.165) is 0 Å². The zero-order valence-corrected chi connectivity index (χ0v) is 34.1. The van der Waals surface area contributed by atoms with Crippen molar-refractivity contribution in [2.45, 2.75) is 0 Å². The zero-order valence-electron chi connectivity index (χ0n) is 24.1. The predicted octanol–water partition coefficient (Wildman–Crippen LogP) is -18.5. The number of carboxylic acids is 4. The van der Waals surface area contributed by atoms with Gasteiger partial charge in [0.05, 0.1) is 23.9 Å². The number of carbonyl (C=O) groups excluding carboxylic acids is 4. The van der Waals surface area contributed by atoms with Crippen LogP contribution in [0.2, 0.25) is 0 Å². The van der Waals surface area contributed by atoms with Crippen LogP contribution in [-0.4, -0.2) is 30.0 Å². The molecule has 0 fully saturated rings. The minimum Gasteiger partial charge on any atom is -0.545 e. The second kappa shape index (κ2) is 19.4. The molecule has 0 N–H and O–H groups in total. The van der Waals surface area contributed by atoms with E-state index < -0.39 is 52.3 Å². The predicted molar refractivity (Wildman–Crippen MR) is 127 cm³/mol. The Morgan fingerprint density at radius 1 is 0.357 bits per heavy atom. The summed E-state index contributed by atoms with van der Waals surface area (Å²) in [7, 11) is 0. The Balaban J connectivity index is 0. The largest absolute Gasteiger partial charge is 1.00 e. The van der Waals surface area contributed by atoms with Crippen molar-refractivity contribution in [1.82, 2.24) is 0 Å². The van der Waals surface area contributed by atoms with E-state index in [1.165, 1.54) is 97.1 Å². The van der Waals surface area contributed by atoms with E-state index in [2.05, 4.69) is 0 Å². The Bertz CT molecular complexity index is 1350. The molecule has 4 aromatic carbocycles. The fraction of sp³-hybridized carbons (Fsp3) is 0. The van der Waals surface area contributed by atoms with Gasteiger partial charge in [-0.05, 0) is 22.3 Å². The summed E-state index contributed by atoms with van der Waals surface area (Å²) in [6, 6.07) is 21.9. The summed E-state index contributed by atoms with van der Waals surface area (Å²) in [5.74, 6) is -6.54. The molecule has 0 spiro atoms. The summed E-state index contributed by atoms with van der Waals surface area (Å²) in [6.45, 7) is 0. The van der Waals surface area contributed by atoms with Gasteiger partial charge in [0.15, 0.2) is 0 Å². The molecule has 14 heteroatoms. The van der Waals surface area contributed by atoms with E-state index in [1.807, 2.05) is 0 Å². The molecule has 0 atom stereocenters. The van der Waals surface area contributed by atoms with Gasteiger partial charge in [-0.3, -0.25) is 0 Å². The molecule has 4 aromatic rings. The molecule has 0 bridgehead atoms. The first kappa shape index (κ1) is 44.0. The number of hydrogen-bond donors (Lipinski definition) is 0.